The summed E-state index contributed by atoms with van der Waals surface area (Å²) in [5.74, 6) is 0. The van der Waals surface area contributed by atoms with Crippen LogP contribution in [0.5, 0.6) is 0 Å². The van der Waals surface area contributed by atoms with Gasteiger partial charge in [-0.15, -0.1) is 0 Å². The monoisotopic (exact) mass is 200 g/mol. The average molecular weight is 200 g/mol. The SMILES string of the molecule is CCOC1(c2ccccc2)C=CC=CC1. The number of hydrogen-bond donors (Lipinski definition) is 0. The van der Waals surface area contributed by atoms with Crippen molar-refractivity contribution in [2.24, 2.45) is 0 Å². The Balaban J connectivity index is 2.35. The molecule has 1 nitrogen and oxygen atoms in total. The van der Waals surface area contributed by atoms with Crippen molar-refractivity contribution in [3.63, 3.8) is 0 Å². The second-order valence-electron chi connectivity index (χ2n) is 3.68. The van der Waals surface area contributed by atoms with E-state index in [2.05, 4.69) is 48.6 Å². The fourth-order valence-electron chi connectivity index (χ4n) is 1.98. The van der Waals surface area contributed by atoms with E-state index in [0.29, 0.717) is 0 Å². The normalized spacial score (nSPS) is 24.3. The van der Waals surface area contributed by atoms with Crippen LogP contribution in [0.15, 0.2) is 54.6 Å². The van der Waals surface area contributed by atoms with Crippen LogP contribution in [0.3, 0.4) is 0 Å². The summed E-state index contributed by atoms with van der Waals surface area (Å²) in [7, 11) is 0. The molecule has 1 aliphatic carbocycles. The molecule has 0 amide bonds. The standard InChI is InChI=1S/C14H16O/c1-2-15-14(11-7-4-8-12-14)13-9-5-3-6-10-13/h3-11H,2,12H2,1H3. The zero-order valence-corrected chi connectivity index (χ0v) is 9.02. The number of benzene rings is 1. The van der Waals surface area contributed by atoms with Gasteiger partial charge in [0.15, 0.2) is 0 Å². The third-order valence-corrected chi connectivity index (χ3v) is 2.70. The summed E-state index contributed by atoms with van der Waals surface area (Å²) < 4.78 is 5.92. The molecule has 0 radical (unpaired) electrons. The lowest BCUT2D eigenvalue weighted by atomic mass is 9.87. The van der Waals surface area contributed by atoms with Crippen LogP contribution in [0.4, 0.5) is 0 Å². The molecule has 0 saturated heterocycles. The highest BCUT2D eigenvalue weighted by atomic mass is 16.5. The van der Waals surface area contributed by atoms with E-state index in [-0.39, 0.29) is 5.60 Å². The van der Waals surface area contributed by atoms with E-state index < -0.39 is 0 Å². The Kier molecular flexibility index (Phi) is 3.02. The van der Waals surface area contributed by atoms with Crippen molar-refractivity contribution >= 4 is 0 Å². The molecule has 0 aromatic heterocycles. The Morgan fingerprint density at radius 2 is 2.00 bits per heavy atom. The van der Waals surface area contributed by atoms with Crippen molar-refractivity contribution in [1.29, 1.82) is 0 Å². The Bertz CT molecular complexity index is 364. The van der Waals surface area contributed by atoms with Crippen molar-refractivity contribution in [1.82, 2.24) is 0 Å². The third kappa shape index (κ3) is 2.02. The summed E-state index contributed by atoms with van der Waals surface area (Å²) in [5.41, 5.74) is 0.984. The number of allylic oxidation sites excluding steroid dienone is 2. The second-order valence-corrected chi connectivity index (χ2v) is 3.68. The van der Waals surface area contributed by atoms with Gasteiger partial charge in [-0.05, 0) is 18.6 Å². The predicted molar refractivity (Wildman–Crippen MR) is 62.6 cm³/mol. The van der Waals surface area contributed by atoms with Gasteiger partial charge in [-0.25, -0.2) is 0 Å². The van der Waals surface area contributed by atoms with Gasteiger partial charge < -0.3 is 4.74 Å². The lowest BCUT2D eigenvalue weighted by Crippen LogP contribution is -2.27. The Hall–Kier alpha value is -1.34. The Morgan fingerprint density at radius 3 is 2.60 bits per heavy atom. The smallest absolute Gasteiger partial charge is 0.115 e. The molecule has 1 aromatic rings. The van der Waals surface area contributed by atoms with Gasteiger partial charge in [0.05, 0.1) is 0 Å². The molecule has 1 unspecified atom stereocenters. The summed E-state index contributed by atoms with van der Waals surface area (Å²) in [6.07, 6.45) is 9.35. The molecule has 0 N–H and O–H groups in total. The Morgan fingerprint density at radius 1 is 1.20 bits per heavy atom. The maximum Gasteiger partial charge on any atom is 0.115 e. The fourth-order valence-corrected chi connectivity index (χ4v) is 1.98. The van der Waals surface area contributed by atoms with E-state index >= 15 is 0 Å². The maximum absolute atomic E-state index is 5.92. The van der Waals surface area contributed by atoms with Crippen LogP contribution < -0.4 is 0 Å². The van der Waals surface area contributed by atoms with Crippen LogP contribution in [0.1, 0.15) is 18.9 Å². The number of ether oxygens (including phenoxy) is 1. The summed E-state index contributed by atoms with van der Waals surface area (Å²) in [6.45, 7) is 2.77. The molecule has 2 rings (SSSR count). The summed E-state index contributed by atoms with van der Waals surface area (Å²) >= 11 is 0. The zero-order chi connectivity index (χ0) is 10.6. The first-order valence-electron chi connectivity index (χ1n) is 5.41. The minimum atomic E-state index is -0.245. The lowest BCUT2D eigenvalue weighted by molar-refractivity contribution is -0.00331. The van der Waals surface area contributed by atoms with E-state index in [1.165, 1.54) is 5.56 Å². The zero-order valence-electron chi connectivity index (χ0n) is 9.02. The van der Waals surface area contributed by atoms with Gasteiger partial charge in [0.25, 0.3) is 0 Å². The first kappa shape index (κ1) is 10.2. The summed E-state index contributed by atoms with van der Waals surface area (Å²) in [5, 5.41) is 0. The van der Waals surface area contributed by atoms with Crippen molar-refractivity contribution in [2.45, 2.75) is 18.9 Å². The van der Waals surface area contributed by atoms with Gasteiger partial charge in [0.2, 0.25) is 0 Å². The van der Waals surface area contributed by atoms with Crippen molar-refractivity contribution < 1.29 is 4.74 Å². The molecule has 78 valence electrons. The van der Waals surface area contributed by atoms with Crippen LogP contribution in [0, 0.1) is 0 Å². The van der Waals surface area contributed by atoms with Crippen LogP contribution in [-0.2, 0) is 10.3 Å². The average Bonchev–Trinajstić information content (AvgIpc) is 2.32. The highest BCUT2D eigenvalue weighted by Crippen LogP contribution is 2.33. The molecule has 15 heavy (non-hydrogen) atoms. The van der Waals surface area contributed by atoms with Crippen LogP contribution in [0.2, 0.25) is 0 Å². The van der Waals surface area contributed by atoms with E-state index in [1.54, 1.807) is 0 Å². The minimum absolute atomic E-state index is 0.245. The van der Waals surface area contributed by atoms with Gasteiger partial charge in [0, 0.05) is 13.0 Å². The number of rotatable bonds is 3. The van der Waals surface area contributed by atoms with Crippen molar-refractivity contribution in [3.8, 4) is 0 Å². The van der Waals surface area contributed by atoms with E-state index in [1.807, 2.05) is 13.0 Å². The van der Waals surface area contributed by atoms with E-state index in [4.69, 9.17) is 4.74 Å². The summed E-state index contributed by atoms with van der Waals surface area (Å²) in [4.78, 5) is 0. The van der Waals surface area contributed by atoms with Crippen LogP contribution in [0.25, 0.3) is 0 Å². The molecule has 0 spiro atoms. The van der Waals surface area contributed by atoms with Gasteiger partial charge in [-0.3, -0.25) is 0 Å². The quantitative estimate of drug-likeness (QED) is 0.726. The van der Waals surface area contributed by atoms with Crippen LogP contribution in [-0.4, -0.2) is 6.61 Å². The topological polar surface area (TPSA) is 9.23 Å². The van der Waals surface area contributed by atoms with Gasteiger partial charge >= 0.3 is 0 Å². The van der Waals surface area contributed by atoms with E-state index in [0.717, 1.165) is 13.0 Å². The van der Waals surface area contributed by atoms with E-state index in [9.17, 15) is 0 Å². The van der Waals surface area contributed by atoms with Gasteiger partial charge in [-0.1, -0.05) is 48.6 Å². The molecule has 1 heteroatoms. The molecule has 0 aliphatic heterocycles. The first-order valence-corrected chi connectivity index (χ1v) is 5.41. The van der Waals surface area contributed by atoms with Crippen molar-refractivity contribution in [3.05, 3.63) is 60.2 Å². The van der Waals surface area contributed by atoms with Crippen LogP contribution >= 0.6 is 0 Å². The van der Waals surface area contributed by atoms with Gasteiger partial charge in [-0.2, -0.15) is 0 Å². The second kappa shape index (κ2) is 4.45. The predicted octanol–water partition coefficient (Wildman–Crippen LogP) is 3.43. The molecule has 0 heterocycles. The lowest BCUT2D eigenvalue weighted by Gasteiger charge is -2.31. The molecular weight excluding hydrogens is 184 g/mol. The largest absolute Gasteiger partial charge is 0.366 e. The highest BCUT2D eigenvalue weighted by molar-refractivity contribution is 5.32. The summed E-state index contributed by atoms with van der Waals surface area (Å²) in [6, 6.07) is 10.4. The first-order chi connectivity index (χ1) is 7.37. The molecule has 1 atom stereocenters. The molecule has 1 aliphatic rings. The third-order valence-electron chi connectivity index (χ3n) is 2.70. The molecule has 1 aromatic carbocycles. The van der Waals surface area contributed by atoms with Crippen molar-refractivity contribution in [2.75, 3.05) is 6.61 Å². The number of hydrogen-bond acceptors (Lipinski definition) is 1. The molecular formula is C14H16O. The minimum Gasteiger partial charge on any atom is -0.366 e. The molecule has 0 bridgehead atoms. The van der Waals surface area contributed by atoms with Gasteiger partial charge in [0.1, 0.15) is 5.60 Å². The fraction of sp³-hybridized carbons (Fsp3) is 0.286. The highest BCUT2D eigenvalue weighted by Gasteiger charge is 2.29. The maximum atomic E-state index is 5.92. The molecule has 0 saturated carbocycles. The molecule has 0 fully saturated rings. The Labute approximate surface area is 91.1 Å².